The molecule has 0 radical (unpaired) electrons. The van der Waals surface area contributed by atoms with Crippen molar-refractivity contribution < 1.29 is 14.3 Å². The van der Waals surface area contributed by atoms with Crippen LogP contribution in [-0.4, -0.2) is 40.7 Å². The molecule has 8 heteroatoms. The van der Waals surface area contributed by atoms with Crippen LogP contribution in [0, 0.1) is 0 Å². The van der Waals surface area contributed by atoms with Gasteiger partial charge < -0.3 is 14.8 Å². The Hall–Kier alpha value is -3.06. The van der Waals surface area contributed by atoms with Gasteiger partial charge in [0.15, 0.2) is 17.2 Å². The summed E-state index contributed by atoms with van der Waals surface area (Å²) in [5.74, 6) is 0.940. The maximum absolute atomic E-state index is 12.3. The number of hydrogen-bond acceptors (Lipinski definition) is 5. The molecule has 3 aromatic rings. The molecule has 2 heterocycles. The lowest BCUT2D eigenvalue weighted by molar-refractivity contribution is 0.0948. The molecule has 0 bridgehead atoms. The summed E-state index contributed by atoms with van der Waals surface area (Å²) in [4.78, 5) is 13.7. The summed E-state index contributed by atoms with van der Waals surface area (Å²) in [5, 5.41) is 11.7. The number of ether oxygens (including phenoxy) is 2. The number of nitrogens with zero attached hydrogens (tertiary/aromatic N) is 3. The average molecular weight is 385 g/mol. The monoisotopic (exact) mass is 384 g/mol. The molecule has 0 fully saturated rings. The Labute approximate surface area is 160 Å². The normalized spacial score (nSPS) is 12.6. The smallest absolute Gasteiger partial charge is 0.273 e. The first kappa shape index (κ1) is 17.4. The number of nitrogens with one attached hydrogen (secondary N) is 1. The molecule has 1 aliphatic heterocycles. The lowest BCUT2D eigenvalue weighted by Gasteiger charge is -2.20. The SMILES string of the molecule is O=C(NCCc1cc(Cl)c2c(c1)OCCO2)c1cnn(-c2ccccc2)n1. The van der Waals surface area contributed by atoms with Gasteiger partial charge in [-0.3, -0.25) is 4.79 Å². The van der Waals surface area contributed by atoms with E-state index in [1.807, 2.05) is 42.5 Å². The second-order valence-corrected chi connectivity index (χ2v) is 6.37. The van der Waals surface area contributed by atoms with Gasteiger partial charge in [-0.15, -0.1) is 5.10 Å². The van der Waals surface area contributed by atoms with Gasteiger partial charge in [0.2, 0.25) is 0 Å². The van der Waals surface area contributed by atoms with E-state index < -0.39 is 0 Å². The van der Waals surface area contributed by atoms with Gasteiger partial charge in [0, 0.05) is 6.54 Å². The molecule has 2 aromatic carbocycles. The summed E-state index contributed by atoms with van der Waals surface area (Å²) in [5.41, 5.74) is 2.01. The van der Waals surface area contributed by atoms with Crippen LogP contribution in [0.15, 0.2) is 48.7 Å². The van der Waals surface area contributed by atoms with Crippen LogP contribution in [0.5, 0.6) is 11.5 Å². The van der Waals surface area contributed by atoms with E-state index in [4.69, 9.17) is 21.1 Å². The number of rotatable bonds is 5. The Balaban J connectivity index is 1.36. The van der Waals surface area contributed by atoms with Crippen LogP contribution < -0.4 is 14.8 Å². The van der Waals surface area contributed by atoms with Crippen LogP contribution >= 0.6 is 11.6 Å². The van der Waals surface area contributed by atoms with E-state index >= 15 is 0 Å². The predicted molar refractivity (Wildman–Crippen MR) is 99.8 cm³/mol. The van der Waals surface area contributed by atoms with Gasteiger partial charge in [-0.2, -0.15) is 9.90 Å². The summed E-state index contributed by atoms with van der Waals surface area (Å²) in [6.45, 7) is 1.43. The van der Waals surface area contributed by atoms with E-state index in [-0.39, 0.29) is 11.6 Å². The molecule has 1 aliphatic rings. The molecule has 4 rings (SSSR count). The molecule has 0 saturated carbocycles. The van der Waals surface area contributed by atoms with Crippen molar-refractivity contribution in [3.63, 3.8) is 0 Å². The second-order valence-electron chi connectivity index (χ2n) is 5.96. The first-order valence-electron chi connectivity index (χ1n) is 8.55. The molecule has 0 saturated heterocycles. The highest BCUT2D eigenvalue weighted by Gasteiger charge is 2.17. The zero-order chi connectivity index (χ0) is 18.6. The van der Waals surface area contributed by atoms with E-state index in [2.05, 4.69) is 15.5 Å². The Bertz CT molecular complexity index is 959. The Kier molecular flexibility index (Phi) is 4.93. The fraction of sp³-hybridized carbons (Fsp3) is 0.211. The fourth-order valence-electron chi connectivity index (χ4n) is 2.77. The number of hydrogen-bond donors (Lipinski definition) is 1. The number of benzene rings is 2. The average Bonchev–Trinajstić information content (AvgIpc) is 3.19. The number of para-hydroxylation sites is 1. The summed E-state index contributed by atoms with van der Waals surface area (Å²) in [6.07, 6.45) is 2.05. The topological polar surface area (TPSA) is 78.3 Å². The molecule has 0 aliphatic carbocycles. The third-order valence-corrected chi connectivity index (χ3v) is 4.35. The van der Waals surface area contributed by atoms with Crippen LogP contribution in [0.1, 0.15) is 16.1 Å². The van der Waals surface area contributed by atoms with Gasteiger partial charge >= 0.3 is 0 Å². The molecule has 138 valence electrons. The minimum absolute atomic E-state index is 0.263. The Morgan fingerprint density at radius 1 is 1.19 bits per heavy atom. The highest BCUT2D eigenvalue weighted by atomic mass is 35.5. The number of aromatic nitrogens is 3. The minimum atomic E-state index is -0.277. The highest BCUT2D eigenvalue weighted by Crippen LogP contribution is 2.38. The van der Waals surface area contributed by atoms with Crippen LogP contribution in [0.25, 0.3) is 5.69 Å². The number of carbonyl (C=O) groups excluding carboxylic acids is 1. The van der Waals surface area contributed by atoms with E-state index in [1.54, 1.807) is 0 Å². The van der Waals surface area contributed by atoms with Gasteiger partial charge in [0.1, 0.15) is 13.2 Å². The van der Waals surface area contributed by atoms with Crippen molar-refractivity contribution in [2.24, 2.45) is 0 Å². The molecule has 1 amide bonds. The van der Waals surface area contributed by atoms with E-state index in [0.717, 1.165) is 11.3 Å². The van der Waals surface area contributed by atoms with Gasteiger partial charge in [-0.05, 0) is 36.2 Å². The van der Waals surface area contributed by atoms with Crippen molar-refractivity contribution in [2.45, 2.75) is 6.42 Å². The van der Waals surface area contributed by atoms with Crippen LogP contribution in [0.4, 0.5) is 0 Å². The van der Waals surface area contributed by atoms with Crippen LogP contribution in [-0.2, 0) is 6.42 Å². The van der Waals surface area contributed by atoms with Crippen molar-refractivity contribution in [2.75, 3.05) is 19.8 Å². The van der Waals surface area contributed by atoms with E-state index in [1.165, 1.54) is 11.0 Å². The van der Waals surface area contributed by atoms with Gasteiger partial charge in [0.25, 0.3) is 5.91 Å². The Morgan fingerprint density at radius 3 is 2.85 bits per heavy atom. The zero-order valence-electron chi connectivity index (χ0n) is 14.4. The summed E-state index contributed by atoms with van der Waals surface area (Å²) < 4.78 is 11.1. The molecule has 7 nitrogen and oxygen atoms in total. The van der Waals surface area contributed by atoms with Crippen molar-refractivity contribution in [3.05, 3.63) is 64.9 Å². The standard InChI is InChI=1S/C19H17ClN4O3/c20-15-10-13(11-17-18(15)27-9-8-26-17)6-7-21-19(25)16-12-22-24(23-16)14-4-2-1-3-5-14/h1-5,10-12H,6-9H2,(H,21,25). The molecule has 1 aromatic heterocycles. The predicted octanol–water partition coefficient (Wildman–Crippen LogP) is 2.66. The largest absolute Gasteiger partial charge is 0.486 e. The summed E-state index contributed by atoms with van der Waals surface area (Å²) in [7, 11) is 0. The van der Waals surface area contributed by atoms with Crippen LogP contribution in [0.2, 0.25) is 5.02 Å². The number of halogens is 1. The maximum Gasteiger partial charge on any atom is 0.273 e. The molecule has 1 N–H and O–H groups in total. The van der Waals surface area contributed by atoms with E-state index in [9.17, 15) is 4.79 Å². The summed E-state index contributed by atoms with van der Waals surface area (Å²) in [6, 6.07) is 13.1. The number of carbonyl (C=O) groups is 1. The molecule has 0 spiro atoms. The summed E-state index contributed by atoms with van der Waals surface area (Å²) >= 11 is 6.23. The molecule has 0 unspecified atom stereocenters. The molecular weight excluding hydrogens is 368 g/mol. The minimum Gasteiger partial charge on any atom is -0.486 e. The van der Waals surface area contributed by atoms with Crippen molar-refractivity contribution in [3.8, 4) is 17.2 Å². The first-order valence-corrected chi connectivity index (χ1v) is 8.92. The van der Waals surface area contributed by atoms with Gasteiger partial charge in [0.05, 0.1) is 16.9 Å². The van der Waals surface area contributed by atoms with Crippen molar-refractivity contribution in [1.29, 1.82) is 0 Å². The zero-order valence-corrected chi connectivity index (χ0v) is 15.1. The molecule has 0 atom stereocenters. The number of fused-ring (bicyclic) bond motifs is 1. The maximum atomic E-state index is 12.3. The van der Waals surface area contributed by atoms with Gasteiger partial charge in [-0.25, -0.2) is 0 Å². The van der Waals surface area contributed by atoms with E-state index in [0.29, 0.717) is 42.7 Å². The third kappa shape index (κ3) is 3.88. The molecular formula is C19H17ClN4O3. The quantitative estimate of drug-likeness (QED) is 0.731. The van der Waals surface area contributed by atoms with Crippen molar-refractivity contribution >= 4 is 17.5 Å². The highest BCUT2D eigenvalue weighted by molar-refractivity contribution is 6.32. The fourth-order valence-corrected chi connectivity index (χ4v) is 3.06. The van der Waals surface area contributed by atoms with Crippen LogP contribution in [0.3, 0.4) is 0 Å². The Morgan fingerprint density at radius 2 is 2.00 bits per heavy atom. The lowest BCUT2D eigenvalue weighted by atomic mass is 10.1. The lowest BCUT2D eigenvalue weighted by Crippen LogP contribution is -2.26. The first-order chi connectivity index (χ1) is 13.2. The number of amides is 1. The molecule has 27 heavy (non-hydrogen) atoms. The van der Waals surface area contributed by atoms with Crippen molar-refractivity contribution in [1.82, 2.24) is 20.3 Å². The third-order valence-electron chi connectivity index (χ3n) is 4.07. The second kappa shape index (κ2) is 7.67. The van der Waals surface area contributed by atoms with Gasteiger partial charge in [-0.1, -0.05) is 29.8 Å².